The molecule has 23 heteroatoms. The number of aromatic nitrogens is 6. The summed E-state index contributed by atoms with van der Waals surface area (Å²) >= 11 is 0. The molecule has 4 aromatic heterocycles. The van der Waals surface area contributed by atoms with Gasteiger partial charge in [-0.1, -0.05) is 0 Å². The number of rotatable bonds is 2. The Balaban J connectivity index is 1.08. The standard InChI is InChI=1S/C24H24B2F2N8O9P2/c25-46(37)41-7-13-19(16(28)24(43-13)36-9-33-17-20(29)31-8-32-22(17)36)45-47(26,38)40-6-12-18(44-46)15(27)23(42-12)35-5-10-2-4-39-34-11-1-3-30-21(35)14(10)11/h1,3,5,8-9,12-13,15-16,18-19,23-24,34H,2,4,6-7H2,(H2,29,31,32)/t12-,13-,15+,16?,18?,19+,23-,24-,46?,47?/m1/s1. The molecule has 17 nitrogen and oxygen atoms in total. The highest BCUT2D eigenvalue weighted by atomic mass is 31.2. The molecule has 4 aliphatic heterocycles. The number of imidazole rings is 1. The number of anilines is 2. The zero-order valence-electron chi connectivity index (χ0n) is 24.1. The summed E-state index contributed by atoms with van der Waals surface area (Å²) in [5.74, 6) is 0.0441. The zero-order valence-corrected chi connectivity index (χ0v) is 25.9. The van der Waals surface area contributed by atoms with E-state index in [0.29, 0.717) is 29.7 Å². The van der Waals surface area contributed by atoms with Gasteiger partial charge in [0.25, 0.3) is 14.9 Å². The normalized spacial score (nSPS) is 37.8. The van der Waals surface area contributed by atoms with Crippen molar-refractivity contribution in [3.05, 3.63) is 36.7 Å². The smallest absolute Gasteiger partial charge is 0.264 e. The van der Waals surface area contributed by atoms with Gasteiger partial charge in [-0.05, 0) is 11.6 Å². The molecule has 8 rings (SSSR count). The Morgan fingerprint density at radius 1 is 0.915 bits per heavy atom. The van der Waals surface area contributed by atoms with Gasteiger partial charge in [-0.25, -0.2) is 28.7 Å². The van der Waals surface area contributed by atoms with Crippen molar-refractivity contribution in [3.8, 4) is 0 Å². The average molecular weight is 690 g/mol. The SMILES string of the molecule is [B]P1(=O)OC[C@H]2O[C@@H](n3cnc4c(N)ncnc43)C(F)[C@H]2OP([B])(=O)OC[C@H]2O[C@@H](n3cc4c5c(ccnc53)NOCC4)[C@@H](F)C2O1. The van der Waals surface area contributed by atoms with E-state index in [9.17, 15) is 9.13 Å². The van der Waals surface area contributed by atoms with Crippen LogP contribution in [-0.2, 0) is 48.0 Å². The molecule has 3 saturated heterocycles. The molecule has 0 aliphatic carbocycles. The quantitative estimate of drug-likeness (QED) is 0.229. The Kier molecular flexibility index (Phi) is 7.70. The summed E-state index contributed by atoms with van der Waals surface area (Å²) < 4.78 is 95.3. The van der Waals surface area contributed by atoms with Gasteiger partial charge >= 0.3 is 0 Å². The monoisotopic (exact) mass is 690 g/mol. The van der Waals surface area contributed by atoms with Crippen molar-refractivity contribution in [2.45, 2.75) is 55.6 Å². The molecule has 3 N–H and O–H groups in total. The minimum absolute atomic E-state index is 0.0441. The first-order valence-corrected chi connectivity index (χ1v) is 17.5. The largest absolute Gasteiger partial charge is 0.382 e. The average Bonchev–Trinajstić information content (AvgIpc) is 3.73. The Labute approximate surface area is 266 Å². The summed E-state index contributed by atoms with van der Waals surface area (Å²) in [5.41, 5.74) is 10.8. The fourth-order valence-electron chi connectivity index (χ4n) is 6.18. The third kappa shape index (κ3) is 5.47. The van der Waals surface area contributed by atoms with Gasteiger partial charge in [-0.3, -0.25) is 24.0 Å². The van der Waals surface area contributed by atoms with E-state index in [0.717, 1.165) is 11.9 Å². The fraction of sp³-hybridized carbons (Fsp3) is 0.500. The lowest BCUT2D eigenvalue weighted by Gasteiger charge is -2.29. The van der Waals surface area contributed by atoms with E-state index in [4.69, 9.17) is 53.3 Å². The summed E-state index contributed by atoms with van der Waals surface area (Å²) in [6.07, 6.45) is -6.99. The minimum atomic E-state index is -4.59. The molecular formula is C24H24B2F2N8O9P2. The molecule has 47 heavy (non-hydrogen) atoms. The number of pyridine rings is 1. The van der Waals surface area contributed by atoms with Crippen molar-refractivity contribution in [2.24, 2.45) is 0 Å². The van der Waals surface area contributed by atoms with Gasteiger partial charge in [0.1, 0.15) is 41.9 Å². The second kappa shape index (κ2) is 11.6. The van der Waals surface area contributed by atoms with E-state index in [1.165, 1.54) is 21.7 Å². The molecule has 4 aromatic rings. The third-order valence-electron chi connectivity index (χ3n) is 8.29. The molecule has 4 radical (unpaired) electrons. The number of hydrogen-bond donors (Lipinski definition) is 2. The van der Waals surface area contributed by atoms with Crippen LogP contribution in [0.3, 0.4) is 0 Å². The molecule has 0 bridgehead atoms. The molecule has 0 spiro atoms. The van der Waals surface area contributed by atoms with Crippen LogP contribution in [0.1, 0.15) is 18.0 Å². The van der Waals surface area contributed by atoms with Crippen LogP contribution in [0, 0.1) is 0 Å². The van der Waals surface area contributed by atoms with Crippen molar-refractivity contribution in [1.82, 2.24) is 29.1 Å². The molecular weight excluding hydrogens is 666 g/mol. The van der Waals surface area contributed by atoms with Gasteiger partial charge in [0.15, 0.2) is 36.3 Å². The minimum Gasteiger partial charge on any atom is -0.382 e. The third-order valence-corrected chi connectivity index (χ3v) is 10.4. The van der Waals surface area contributed by atoms with Crippen LogP contribution in [0.5, 0.6) is 0 Å². The highest BCUT2D eigenvalue weighted by molar-refractivity contribution is 7.79. The van der Waals surface area contributed by atoms with Crippen LogP contribution in [0.4, 0.5) is 20.3 Å². The second-order valence-corrected chi connectivity index (χ2v) is 14.3. The van der Waals surface area contributed by atoms with Gasteiger partial charge in [0, 0.05) is 24.2 Å². The summed E-state index contributed by atoms with van der Waals surface area (Å²) in [6.45, 7) is -1.05. The molecule has 10 atom stereocenters. The van der Waals surface area contributed by atoms with Crippen molar-refractivity contribution in [1.29, 1.82) is 0 Å². The molecule has 244 valence electrons. The number of halogens is 2. The maximum Gasteiger partial charge on any atom is 0.264 e. The van der Waals surface area contributed by atoms with Crippen LogP contribution >= 0.6 is 14.9 Å². The predicted molar refractivity (Wildman–Crippen MR) is 159 cm³/mol. The summed E-state index contributed by atoms with van der Waals surface area (Å²) in [6, 6.07) is 1.71. The number of nitrogens with zero attached hydrogens (tertiary/aromatic N) is 6. The highest BCUT2D eigenvalue weighted by Crippen LogP contribution is 2.54. The van der Waals surface area contributed by atoms with Crippen molar-refractivity contribution in [2.75, 3.05) is 31.0 Å². The molecule has 4 aliphatic rings. The van der Waals surface area contributed by atoms with Gasteiger partial charge in [0.2, 0.25) is 15.1 Å². The molecule has 0 amide bonds. The van der Waals surface area contributed by atoms with Crippen LogP contribution in [0.25, 0.3) is 22.2 Å². The number of nitrogen functional groups attached to an aromatic ring is 1. The fourth-order valence-corrected chi connectivity index (χ4v) is 8.20. The van der Waals surface area contributed by atoms with Crippen LogP contribution in [-0.4, -0.2) is 101 Å². The van der Waals surface area contributed by atoms with Crippen LogP contribution in [0.15, 0.2) is 31.1 Å². The van der Waals surface area contributed by atoms with E-state index in [-0.39, 0.29) is 17.0 Å². The van der Waals surface area contributed by atoms with Crippen molar-refractivity contribution >= 4 is 63.8 Å². The van der Waals surface area contributed by atoms with Gasteiger partial charge in [0.05, 0.1) is 31.8 Å². The maximum absolute atomic E-state index is 16.3. The number of nitrogens with one attached hydrogen (secondary N) is 1. The summed E-state index contributed by atoms with van der Waals surface area (Å²) in [7, 11) is 2.62. The lowest BCUT2D eigenvalue weighted by molar-refractivity contribution is -0.0547. The Hall–Kier alpha value is -2.99. The molecule has 3 fully saturated rings. The first kappa shape index (κ1) is 31.3. The lowest BCUT2D eigenvalue weighted by atomic mass is 10.1. The topological polar surface area (TPSA) is 198 Å². The molecule has 0 saturated carbocycles. The van der Waals surface area contributed by atoms with Gasteiger partial charge in [-0.15, -0.1) is 0 Å². The summed E-state index contributed by atoms with van der Waals surface area (Å²) in [5, 5.41) is 0.696. The van der Waals surface area contributed by atoms with E-state index < -0.39 is 77.4 Å². The number of fused-ring (bicyclic) bond motifs is 3. The number of ether oxygens (including phenoxy) is 2. The first-order valence-electron chi connectivity index (χ1n) is 14.3. The second-order valence-electron chi connectivity index (χ2n) is 11.2. The highest BCUT2D eigenvalue weighted by Gasteiger charge is 2.53. The maximum atomic E-state index is 16.3. The zero-order chi connectivity index (χ0) is 32.7. The van der Waals surface area contributed by atoms with Gasteiger partial charge in [-0.2, -0.15) is 0 Å². The Morgan fingerprint density at radius 2 is 1.57 bits per heavy atom. The number of nitrogens with two attached hydrogens (primary N) is 1. The van der Waals surface area contributed by atoms with E-state index >= 15 is 8.78 Å². The van der Waals surface area contributed by atoms with Gasteiger partial charge < -0.3 is 37.9 Å². The first-order chi connectivity index (χ1) is 22.5. The Morgan fingerprint density at radius 3 is 2.26 bits per heavy atom. The van der Waals surface area contributed by atoms with E-state index in [1.54, 1.807) is 12.3 Å². The predicted octanol–water partition coefficient (Wildman–Crippen LogP) is 2.20. The lowest BCUT2D eigenvalue weighted by Crippen LogP contribution is -2.37. The van der Waals surface area contributed by atoms with Crippen LogP contribution in [0.2, 0.25) is 0 Å². The van der Waals surface area contributed by atoms with E-state index in [1.807, 2.05) is 0 Å². The molecule has 0 aromatic carbocycles. The number of alkyl halides is 2. The molecule has 4 unspecified atom stereocenters. The molecule has 8 heterocycles. The van der Waals surface area contributed by atoms with E-state index in [2.05, 4.69) is 25.4 Å². The van der Waals surface area contributed by atoms with Crippen molar-refractivity contribution < 1.29 is 50.3 Å². The van der Waals surface area contributed by atoms with Crippen molar-refractivity contribution in [3.63, 3.8) is 0 Å². The summed E-state index contributed by atoms with van der Waals surface area (Å²) in [4.78, 5) is 21.8. The number of hydrogen-bond acceptors (Lipinski definition) is 15. The Bertz CT molecular complexity index is 1960. The van der Waals surface area contributed by atoms with Crippen LogP contribution < -0.4 is 11.2 Å².